The fourth-order valence-electron chi connectivity index (χ4n) is 10.2. The quantitative estimate of drug-likeness (QED) is 0.0241. The van der Waals surface area contributed by atoms with Crippen LogP contribution in [0.2, 0.25) is 0 Å². The van der Waals surface area contributed by atoms with Crippen molar-refractivity contribution in [1.29, 1.82) is 0 Å². The van der Waals surface area contributed by atoms with E-state index in [2.05, 4.69) is 36.7 Å². The number of aliphatic hydroxyl groups excluding tert-OH is 1. The van der Waals surface area contributed by atoms with Crippen molar-refractivity contribution in [3.05, 3.63) is 96.6 Å². The molecule has 2 unspecified atom stereocenters. The summed E-state index contributed by atoms with van der Waals surface area (Å²) in [5.41, 5.74) is 1.06. The highest BCUT2D eigenvalue weighted by atomic mass is 31.2. The fourth-order valence-corrected chi connectivity index (χ4v) is 11.4. The van der Waals surface area contributed by atoms with Crippen LogP contribution in [-0.4, -0.2) is 73.5 Å². The Hall–Kier alpha value is -4.26. The van der Waals surface area contributed by atoms with Gasteiger partial charge in [-0.15, -0.1) is 0 Å². The zero-order valence-corrected chi connectivity index (χ0v) is 52.2. The molecule has 2 amide bonds. The highest BCUT2D eigenvalue weighted by Crippen LogP contribution is 2.49. The third-order valence-corrected chi connectivity index (χ3v) is 16.5. The zero-order chi connectivity index (χ0) is 58.8. The molecular weight excluding hydrogens is 1050 g/mol. The van der Waals surface area contributed by atoms with Crippen LogP contribution in [0.15, 0.2) is 91.0 Å². The van der Waals surface area contributed by atoms with Crippen LogP contribution in [0.3, 0.4) is 0 Å². The van der Waals surface area contributed by atoms with E-state index in [0.29, 0.717) is 50.3 Å². The van der Waals surface area contributed by atoms with Crippen LogP contribution in [0, 0.1) is 0 Å². The third kappa shape index (κ3) is 37.8. The number of rotatable bonds is 55. The number of carbonyl (C=O) groups excluding carboxylic acids is 3. The second-order valence-corrected chi connectivity index (χ2v) is 24.1. The van der Waals surface area contributed by atoms with Crippen LogP contribution in [0.5, 0.6) is 11.5 Å². The molecule has 0 aliphatic rings. The van der Waals surface area contributed by atoms with Crippen molar-refractivity contribution in [2.45, 2.75) is 276 Å². The molecule has 4 atom stereocenters. The van der Waals surface area contributed by atoms with Crippen molar-refractivity contribution in [2.24, 2.45) is 0 Å². The van der Waals surface area contributed by atoms with Crippen molar-refractivity contribution in [3.63, 3.8) is 0 Å². The number of hydrogen-bond acceptors (Lipinski definition) is 11. The first-order chi connectivity index (χ1) is 40.2. The van der Waals surface area contributed by atoms with Gasteiger partial charge in [0.05, 0.1) is 44.4 Å². The predicted molar refractivity (Wildman–Crippen MR) is 335 cm³/mol. The Morgan fingerprint density at radius 3 is 1.48 bits per heavy atom. The molecule has 3 aromatic rings. The van der Waals surface area contributed by atoms with Crippen molar-refractivity contribution in [1.82, 2.24) is 16.0 Å². The van der Waals surface area contributed by atoms with E-state index in [1.807, 2.05) is 42.5 Å². The lowest BCUT2D eigenvalue weighted by atomic mass is 10.0. The lowest BCUT2D eigenvalue weighted by molar-refractivity contribution is -0.150. The van der Waals surface area contributed by atoms with E-state index >= 15 is 0 Å². The van der Waals surface area contributed by atoms with Gasteiger partial charge in [0.1, 0.15) is 17.6 Å². The average molecular weight is 1160 g/mol. The van der Waals surface area contributed by atoms with E-state index in [4.69, 9.17) is 23.0 Å². The van der Waals surface area contributed by atoms with Gasteiger partial charge in [0.25, 0.3) is 0 Å². The second kappa shape index (κ2) is 49.0. The first-order valence-electron chi connectivity index (χ1n) is 32.7. The number of unbranched alkanes of at least 4 members (excludes halogenated alkanes) is 24. The Kier molecular flexibility index (Phi) is 43.1. The topological polar surface area (TPSA) is 171 Å². The monoisotopic (exact) mass is 1160 g/mol. The van der Waals surface area contributed by atoms with Crippen LogP contribution < -0.4 is 25.0 Å². The summed E-state index contributed by atoms with van der Waals surface area (Å²) in [6.07, 6.45) is 35.5. The van der Waals surface area contributed by atoms with Crippen LogP contribution in [0.25, 0.3) is 0 Å². The summed E-state index contributed by atoms with van der Waals surface area (Å²) < 4.78 is 44.5. The average Bonchev–Trinajstić information content (AvgIpc) is 3.59. The van der Waals surface area contributed by atoms with E-state index in [-0.39, 0.29) is 62.6 Å². The first kappa shape index (κ1) is 72.0. The highest BCUT2D eigenvalue weighted by molar-refractivity contribution is 7.49. The summed E-state index contributed by atoms with van der Waals surface area (Å²) in [4.78, 5) is 41.0. The maximum atomic E-state index is 14.3. The van der Waals surface area contributed by atoms with E-state index < -0.39 is 19.9 Å². The number of para-hydroxylation sites is 2. The minimum atomic E-state index is -4.24. The molecule has 0 saturated carbocycles. The molecular formula is C68H112N3O10P. The van der Waals surface area contributed by atoms with Gasteiger partial charge < -0.3 is 39.6 Å². The zero-order valence-electron chi connectivity index (χ0n) is 51.3. The SMILES string of the molecule is CCCCCCCCCCCC(=O)O[C@H](CCCCCCCCCCC)CCNC(CCOP(=O)(Oc1ccccc1)Oc1ccccc1)C(=O)NCCCC(CO)NC(=O)C[C@@H](CCCCCCCCCCC)OCc1ccccc1. The van der Waals surface area contributed by atoms with Gasteiger partial charge >= 0.3 is 13.8 Å². The number of phosphoric ester groups is 1. The van der Waals surface area contributed by atoms with Gasteiger partial charge in [-0.25, -0.2) is 4.57 Å². The smallest absolute Gasteiger partial charge is 0.462 e. The van der Waals surface area contributed by atoms with Gasteiger partial charge in [0.15, 0.2) is 0 Å². The number of benzene rings is 3. The minimum absolute atomic E-state index is 0.120. The van der Waals surface area contributed by atoms with Gasteiger partial charge in [-0.2, -0.15) is 0 Å². The Morgan fingerprint density at radius 2 is 0.976 bits per heavy atom. The molecule has 464 valence electrons. The molecule has 0 spiro atoms. The summed E-state index contributed by atoms with van der Waals surface area (Å²) in [7, 11) is -4.24. The number of carbonyl (C=O) groups is 3. The number of phosphoric acid groups is 1. The number of aliphatic hydroxyl groups is 1. The van der Waals surface area contributed by atoms with Gasteiger partial charge in [-0.1, -0.05) is 248 Å². The van der Waals surface area contributed by atoms with Crippen molar-refractivity contribution < 1.29 is 47.1 Å². The standard InChI is InChI=1S/C68H112N3O10P/c1-4-7-10-13-16-19-22-25-33-44-61(79-67(74)50-39-27-24-21-18-15-12-9-6-3)51-54-69-65(52-55-78-82(76,80-62-45-35-29-36-46-62)81-63-47-37-30-38-48-63)68(75)70-53-40-43-60(57-72)71-66(73)56-64(77-58-59-41-31-28-32-42-59)49-34-26-23-20-17-14-11-8-5-2/h28-32,35-38,41-42,45-48,60-61,64-65,69,72H,4-27,33-34,39-40,43-44,49-58H2,1-3H3,(H,70,75)(H,71,73)/t60?,61-,64-,65?/m1/s1. The Labute approximate surface area is 497 Å². The predicted octanol–water partition coefficient (Wildman–Crippen LogP) is 17.0. The Morgan fingerprint density at radius 1 is 0.512 bits per heavy atom. The molecule has 0 fully saturated rings. The van der Waals surface area contributed by atoms with Crippen LogP contribution in [0.1, 0.15) is 251 Å². The lowest BCUT2D eigenvalue weighted by Gasteiger charge is -2.23. The van der Waals surface area contributed by atoms with Crippen molar-refractivity contribution >= 4 is 25.6 Å². The molecule has 0 heterocycles. The number of hydrogen-bond donors (Lipinski definition) is 4. The highest BCUT2D eigenvalue weighted by Gasteiger charge is 2.32. The van der Waals surface area contributed by atoms with Crippen molar-refractivity contribution in [2.75, 3.05) is 26.3 Å². The third-order valence-electron chi connectivity index (χ3n) is 15.1. The molecule has 82 heavy (non-hydrogen) atoms. The van der Waals surface area contributed by atoms with E-state index in [1.165, 1.54) is 122 Å². The fraction of sp³-hybridized carbons (Fsp3) is 0.691. The molecule has 0 aromatic heterocycles. The maximum absolute atomic E-state index is 14.3. The van der Waals surface area contributed by atoms with Gasteiger partial charge in [0.2, 0.25) is 11.8 Å². The van der Waals surface area contributed by atoms with E-state index in [0.717, 1.165) is 69.8 Å². The molecule has 0 saturated heterocycles. The molecule has 0 radical (unpaired) electrons. The molecule has 14 heteroatoms. The summed E-state index contributed by atoms with van der Waals surface area (Å²) in [6.45, 7) is 7.43. The second-order valence-electron chi connectivity index (χ2n) is 22.6. The molecule has 0 bridgehead atoms. The molecule has 0 aliphatic carbocycles. The number of esters is 1. The first-order valence-corrected chi connectivity index (χ1v) is 34.1. The van der Waals surface area contributed by atoms with Crippen LogP contribution in [-0.2, 0) is 39.6 Å². The largest absolute Gasteiger partial charge is 0.587 e. The Bertz CT molecular complexity index is 1990. The van der Waals surface area contributed by atoms with Gasteiger partial charge in [0, 0.05) is 13.0 Å². The lowest BCUT2D eigenvalue weighted by Crippen LogP contribution is -2.46. The number of nitrogens with one attached hydrogen (secondary N) is 3. The van der Waals surface area contributed by atoms with Crippen LogP contribution >= 0.6 is 7.82 Å². The van der Waals surface area contributed by atoms with E-state index in [1.54, 1.807) is 48.5 Å². The van der Waals surface area contributed by atoms with Gasteiger partial charge in [-0.05, 0) is 87.7 Å². The normalized spacial score (nSPS) is 13.0. The summed E-state index contributed by atoms with van der Waals surface area (Å²) in [6, 6.07) is 26.1. The van der Waals surface area contributed by atoms with Gasteiger partial charge in [-0.3, -0.25) is 18.9 Å². The summed E-state index contributed by atoms with van der Waals surface area (Å²) >= 11 is 0. The molecule has 13 nitrogen and oxygen atoms in total. The Balaban J connectivity index is 1.64. The number of ether oxygens (including phenoxy) is 2. The molecule has 0 aliphatic heterocycles. The molecule has 4 N–H and O–H groups in total. The molecule has 3 rings (SSSR count). The van der Waals surface area contributed by atoms with Crippen molar-refractivity contribution in [3.8, 4) is 11.5 Å². The van der Waals surface area contributed by atoms with E-state index in [9.17, 15) is 24.1 Å². The minimum Gasteiger partial charge on any atom is -0.462 e. The summed E-state index contributed by atoms with van der Waals surface area (Å²) in [5.74, 6) is -0.00800. The van der Waals surface area contributed by atoms with Crippen LogP contribution in [0.4, 0.5) is 0 Å². The summed E-state index contributed by atoms with van der Waals surface area (Å²) in [5, 5.41) is 19.9. The number of amides is 2. The maximum Gasteiger partial charge on any atom is 0.587 e. The molecule has 3 aromatic carbocycles.